The van der Waals surface area contributed by atoms with Gasteiger partial charge in [0.25, 0.3) is 0 Å². The molecule has 0 radical (unpaired) electrons. The van der Waals surface area contributed by atoms with Gasteiger partial charge in [-0.15, -0.1) is 0 Å². The Morgan fingerprint density at radius 2 is 1.34 bits per heavy atom. The number of fused-ring (bicyclic) bond motifs is 7. The molecule has 8 aliphatic rings. The quantitative estimate of drug-likeness (QED) is 0.106. The number of Topliss-reactive ketones (excluding diaryl/α,β-unsaturated/α-hetero) is 1. The number of allylic oxidation sites excluding steroid dienone is 1. The van der Waals surface area contributed by atoms with Crippen LogP contribution in [0.1, 0.15) is 107 Å². The van der Waals surface area contributed by atoms with Crippen molar-refractivity contribution in [3.05, 3.63) is 11.6 Å². The second-order valence-electron chi connectivity index (χ2n) is 23.5. The van der Waals surface area contributed by atoms with Gasteiger partial charge < -0.3 is 84.6 Å². The van der Waals surface area contributed by atoms with Crippen LogP contribution in [-0.2, 0) is 38.0 Å². The van der Waals surface area contributed by atoms with Gasteiger partial charge in [-0.05, 0) is 85.4 Å². The van der Waals surface area contributed by atoms with Crippen LogP contribution in [0, 0.1) is 50.2 Å². The number of rotatable bonds is 8. The molecular formula is C48H76O19. The molecule has 19 nitrogen and oxygen atoms in total. The first-order valence-corrected chi connectivity index (χ1v) is 24.2. The standard InChI is InChI=1S/C48H76O19/c1-20-29(53)31(55)34(58)40(63-20)66-37-24(18-49)64-39(36(60)33(37)57)62-19-25-30(54)32(56)35(59)41(65-25)67-42(61)48-14-13-46(7)21(22(48)16-43(2,3)28(52)17-48)15-23(50)38-45(6)11-10-27(51)44(4,5)26(45)9-12-47(38,46)8/h15,20,22-27,29-41,49-51,53-60H,9-14,16-19H2,1-8H3/t20-,22-,23+,24-,25-,26+,27+,29-,30-,31+,32+,33-,34-,35-,36-,37-,38+,39-,40+,41+,45-,46+,47+,48+/m0/s1. The molecule has 382 valence electrons. The smallest absolute Gasteiger partial charge is 0.315 e. The van der Waals surface area contributed by atoms with E-state index >= 15 is 0 Å². The molecule has 5 aliphatic carbocycles. The molecule has 0 bridgehead atoms. The number of ketones is 1. The van der Waals surface area contributed by atoms with Crippen molar-refractivity contribution in [1.82, 2.24) is 0 Å². The summed E-state index contributed by atoms with van der Waals surface area (Å²) in [4.78, 5) is 29.0. The van der Waals surface area contributed by atoms with E-state index in [1.807, 2.05) is 19.9 Å². The summed E-state index contributed by atoms with van der Waals surface area (Å²) >= 11 is 0. The first kappa shape index (κ1) is 51.6. The Morgan fingerprint density at radius 1 is 0.716 bits per heavy atom. The second kappa shape index (κ2) is 17.8. The highest BCUT2D eigenvalue weighted by Crippen LogP contribution is 2.75. The van der Waals surface area contributed by atoms with Gasteiger partial charge in [0.1, 0.15) is 72.9 Å². The van der Waals surface area contributed by atoms with Gasteiger partial charge in [-0.2, -0.15) is 0 Å². The van der Waals surface area contributed by atoms with Crippen LogP contribution >= 0.6 is 0 Å². The summed E-state index contributed by atoms with van der Waals surface area (Å²) in [5.74, 6) is -1.51. The lowest BCUT2D eigenvalue weighted by atomic mass is 9.33. The summed E-state index contributed by atoms with van der Waals surface area (Å²) < 4.78 is 34.4. The number of hydrogen-bond acceptors (Lipinski definition) is 19. The summed E-state index contributed by atoms with van der Waals surface area (Å²) in [6.45, 7) is 14.7. The normalized spacial score (nSPS) is 53.8. The number of aliphatic hydroxyl groups excluding tert-OH is 11. The largest absolute Gasteiger partial charge is 0.432 e. The summed E-state index contributed by atoms with van der Waals surface area (Å²) in [7, 11) is 0. The molecule has 11 N–H and O–H groups in total. The average Bonchev–Trinajstić information content (AvgIpc) is 3.26. The van der Waals surface area contributed by atoms with Gasteiger partial charge in [-0.25, -0.2) is 0 Å². The van der Waals surface area contributed by atoms with Crippen molar-refractivity contribution in [2.24, 2.45) is 50.2 Å². The fraction of sp³-hybridized carbons (Fsp3) is 0.917. The van der Waals surface area contributed by atoms with Crippen molar-refractivity contribution in [1.29, 1.82) is 0 Å². The van der Waals surface area contributed by atoms with Crippen molar-refractivity contribution in [2.75, 3.05) is 13.2 Å². The Hall–Kier alpha value is -1.76. The average molecular weight is 957 g/mol. The van der Waals surface area contributed by atoms with Gasteiger partial charge in [-0.3, -0.25) is 9.59 Å². The maximum Gasteiger partial charge on any atom is 0.315 e. The third kappa shape index (κ3) is 7.92. The van der Waals surface area contributed by atoms with E-state index in [9.17, 15) is 65.8 Å². The molecule has 0 aromatic carbocycles. The zero-order valence-corrected chi connectivity index (χ0v) is 39.9. The Morgan fingerprint density at radius 3 is 2.01 bits per heavy atom. The van der Waals surface area contributed by atoms with E-state index in [0.717, 1.165) is 24.8 Å². The van der Waals surface area contributed by atoms with Crippen LogP contribution in [-0.4, -0.2) is 185 Å². The SMILES string of the molecule is C[C@@H]1O[C@H](O[C@@H]2[C@@H](O)[C@H](O)[C@@H](OC[C@@H]3O[C@H](OC(=O)[C@@]45CC[C@]6(C)C(=C[C@@H](O)[C@@H]7[C@@]8(C)CC[C@@H](O)C(C)(C)[C@H]8CC[C@]76C)[C@@H]4CC(C)(C)C(=O)C5)[C@@H](O)[C@H](O)[C@H]3O)O[C@H]2CO)[C@@H](O)[C@H](O)[C@H]1O. The molecule has 8 rings (SSSR count). The van der Waals surface area contributed by atoms with Crippen molar-refractivity contribution >= 4 is 11.8 Å². The molecule has 0 spiro atoms. The first-order valence-electron chi connectivity index (χ1n) is 24.2. The van der Waals surface area contributed by atoms with E-state index < -0.39 is 151 Å². The predicted octanol–water partition coefficient (Wildman–Crippen LogP) is -0.682. The maximum absolute atomic E-state index is 15.0. The fourth-order valence-electron chi connectivity index (χ4n) is 14.7. The fourth-order valence-corrected chi connectivity index (χ4v) is 14.7. The lowest BCUT2D eigenvalue weighted by Crippen LogP contribution is -2.68. The summed E-state index contributed by atoms with van der Waals surface area (Å²) in [5, 5.41) is 120. The van der Waals surface area contributed by atoms with E-state index in [0.29, 0.717) is 12.8 Å². The first-order chi connectivity index (χ1) is 31.1. The van der Waals surface area contributed by atoms with Crippen LogP contribution in [0.3, 0.4) is 0 Å². The lowest BCUT2D eigenvalue weighted by molar-refractivity contribution is -0.361. The zero-order valence-electron chi connectivity index (χ0n) is 39.9. The third-order valence-corrected chi connectivity index (χ3v) is 19.2. The topological polar surface area (TPSA) is 312 Å². The van der Waals surface area contributed by atoms with Crippen molar-refractivity contribution in [3.63, 3.8) is 0 Å². The van der Waals surface area contributed by atoms with Crippen LogP contribution in [0.4, 0.5) is 0 Å². The number of ether oxygens (including phenoxy) is 6. The number of carbonyl (C=O) groups is 2. The monoisotopic (exact) mass is 956 g/mol. The Kier molecular flexibility index (Phi) is 13.7. The van der Waals surface area contributed by atoms with Gasteiger partial charge in [0.2, 0.25) is 6.29 Å². The summed E-state index contributed by atoms with van der Waals surface area (Å²) in [6.07, 6.45) is -20.5. The van der Waals surface area contributed by atoms with E-state index in [2.05, 4.69) is 34.6 Å². The summed E-state index contributed by atoms with van der Waals surface area (Å²) in [5.41, 5.74) is -2.88. The molecule has 3 saturated heterocycles. The van der Waals surface area contributed by atoms with Gasteiger partial charge >= 0.3 is 5.97 Å². The van der Waals surface area contributed by atoms with E-state index in [1.165, 1.54) is 6.92 Å². The minimum Gasteiger partial charge on any atom is -0.432 e. The number of carbonyl (C=O) groups excluding carboxylic acids is 2. The molecular weight excluding hydrogens is 881 g/mol. The maximum atomic E-state index is 15.0. The van der Waals surface area contributed by atoms with Crippen LogP contribution in [0.25, 0.3) is 0 Å². The van der Waals surface area contributed by atoms with E-state index in [1.54, 1.807) is 0 Å². The molecule has 4 saturated carbocycles. The highest BCUT2D eigenvalue weighted by atomic mass is 16.8. The Labute approximate surface area is 391 Å². The molecule has 67 heavy (non-hydrogen) atoms. The highest BCUT2D eigenvalue weighted by molar-refractivity contribution is 5.92. The van der Waals surface area contributed by atoms with Crippen molar-refractivity contribution in [3.8, 4) is 0 Å². The molecule has 19 heteroatoms. The predicted molar refractivity (Wildman–Crippen MR) is 231 cm³/mol. The zero-order chi connectivity index (χ0) is 49.3. The lowest BCUT2D eigenvalue weighted by Gasteiger charge is -2.71. The van der Waals surface area contributed by atoms with E-state index in [4.69, 9.17) is 28.4 Å². The van der Waals surface area contributed by atoms with Crippen LogP contribution < -0.4 is 0 Å². The second-order valence-corrected chi connectivity index (χ2v) is 23.5. The van der Waals surface area contributed by atoms with Gasteiger partial charge in [-0.1, -0.05) is 60.1 Å². The third-order valence-electron chi connectivity index (χ3n) is 19.2. The van der Waals surface area contributed by atoms with Crippen LogP contribution in [0.5, 0.6) is 0 Å². The molecule has 7 fully saturated rings. The Balaban J connectivity index is 1.00. The minimum absolute atomic E-state index is 0.137. The molecule has 3 heterocycles. The molecule has 3 aliphatic heterocycles. The number of aliphatic hydroxyl groups is 11. The van der Waals surface area contributed by atoms with Crippen LogP contribution in [0.15, 0.2) is 11.6 Å². The molecule has 0 aromatic heterocycles. The van der Waals surface area contributed by atoms with Gasteiger partial charge in [0, 0.05) is 17.8 Å². The Bertz CT molecular complexity index is 1890. The molecule has 0 amide bonds. The van der Waals surface area contributed by atoms with Crippen molar-refractivity contribution in [2.45, 2.75) is 211 Å². The summed E-state index contributed by atoms with van der Waals surface area (Å²) in [6, 6.07) is 0. The molecule has 0 unspecified atom stereocenters. The van der Waals surface area contributed by atoms with Crippen molar-refractivity contribution < 1.29 is 94.2 Å². The molecule has 0 aromatic rings. The van der Waals surface area contributed by atoms with Gasteiger partial charge in [0.05, 0.1) is 36.9 Å². The molecule has 24 atom stereocenters. The minimum atomic E-state index is -1.95. The van der Waals surface area contributed by atoms with Gasteiger partial charge in [0.15, 0.2) is 12.6 Å². The van der Waals surface area contributed by atoms with Crippen LogP contribution in [0.2, 0.25) is 0 Å². The number of hydrogen-bond donors (Lipinski definition) is 11. The number of esters is 1. The van der Waals surface area contributed by atoms with E-state index in [-0.39, 0.29) is 47.7 Å². The highest BCUT2D eigenvalue weighted by Gasteiger charge is 2.72.